The summed E-state index contributed by atoms with van der Waals surface area (Å²) in [6.07, 6.45) is 2.13. The SMILES string of the molecule is O=C(c1cccc(Br)c1)N1CCC[C@H](c2nc3ccccc3s2)C1. The minimum atomic E-state index is 0.113. The van der Waals surface area contributed by atoms with Crippen molar-refractivity contribution in [1.29, 1.82) is 0 Å². The third kappa shape index (κ3) is 3.10. The molecule has 1 fully saturated rings. The largest absolute Gasteiger partial charge is 0.338 e. The summed E-state index contributed by atoms with van der Waals surface area (Å²) < 4.78 is 2.16. The minimum Gasteiger partial charge on any atom is -0.338 e. The Hall–Kier alpha value is -1.72. The molecule has 0 saturated carbocycles. The van der Waals surface area contributed by atoms with E-state index in [0.29, 0.717) is 5.92 Å². The number of para-hydroxylation sites is 1. The van der Waals surface area contributed by atoms with Crippen LogP contribution in [0.25, 0.3) is 10.2 Å². The van der Waals surface area contributed by atoms with Gasteiger partial charge in [-0.25, -0.2) is 4.98 Å². The fourth-order valence-corrected chi connectivity index (χ4v) is 4.72. The molecule has 2 heterocycles. The number of rotatable bonds is 2. The molecule has 3 aromatic rings. The number of fused-ring (bicyclic) bond motifs is 1. The lowest BCUT2D eigenvalue weighted by Crippen LogP contribution is -2.39. The number of benzene rings is 2. The van der Waals surface area contributed by atoms with Crippen molar-refractivity contribution in [2.45, 2.75) is 18.8 Å². The van der Waals surface area contributed by atoms with Crippen molar-refractivity contribution < 1.29 is 4.79 Å². The summed E-state index contributed by atoms with van der Waals surface area (Å²) in [6.45, 7) is 1.58. The van der Waals surface area contributed by atoms with Gasteiger partial charge in [-0.3, -0.25) is 4.79 Å². The molecule has 3 nitrogen and oxygen atoms in total. The predicted molar refractivity (Wildman–Crippen MR) is 102 cm³/mol. The molecule has 1 atom stereocenters. The highest BCUT2D eigenvalue weighted by atomic mass is 79.9. The summed E-state index contributed by atoms with van der Waals surface area (Å²) in [5.41, 5.74) is 1.81. The smallest absolute Gasteiger partial charge is 0.253 e. The van der Waals surface area contributed by atoms with Gasteiger partial charge >= 0.3 is 0 Å². The summed E-state index contributed by atoms with van der Waals surface area (Å²) >= 11 is 5.20. The molecule has 1 aliphatic heterocycles. The fourth-order valence-electron chi connectivity index (χ4n) is 3.23. The number of thiazole rings is 1. The van der Waals surface area contributed by atoms with Crippen molar-refractivity contribution in [3.8, 4) is 0 Å². The predicted octanol–water partition coefficient (Wildman–Crippen LogP) is 5.08. The second-order valence-corrected chi connectivity index (χ2v) is 8.10. The van der Waals surface area contributed by atoms with E-state index in [1.165, 1.54) is 4.70 Å². The van der Waals surface area contributed by atoms with Crippen LogP contribution in [0.1, 0.15) is 34.1 Å². The molecule has 0 unspecified atom stereocenters. The van der Waals surface area contributed by atoms with Gasteiger partial charge in [-0.05, 0) is 43.2 Å². The maximum absolute atomic E-state index is 12.8. The molecule has 5 heteroatoms. The topological polar surface area (TPSA) is 33.2 Å². The molecular formula is C19H17BrN2OS. The van der Waals surface area contributed by atoms with Gasteiger partial charge in [0.1, 0.15) is 0 Å². The minimum absolute atomic E-state index is 0.113. The number of amides is 1. The van der Waals surface area contributed by atoms with Crippen LogP contribution < -0.4 is 0 Å². The highest BCUT2D eigenvalue weighted by Gasteiger charge is 2.27. The van der Waals surface area contributed by atoms with E-state index in [1.54, 1.807) is 11.3 Å². The van der Waals surface area contributed by atoms with Gasteiger partial charge in [-0.15, -0.1) is 11.3 Å². The van der Waals surface area contributed by atoms with Crippen molar-refractivity contribution in [3.63, 3.8) is 0 Å². The van der Waals surface area contributed by atoms with Crippen molar-refractivity contribution in [2.75, 3.05) is 13.1 Å². The highest BCUT2D eigenvalue weighted by Crippen LogP contribution is 2.33. The van der Waals surface area contributed by atoms with E-state index in [0.717, 1.165) is 46.5 Å². The molecule has 122 valence electrons. The normalized spacial score (nSPS) is 18.0. The Balaban J connectivity index is 1.56. The van der Waals surface area contributed by atoms with Gasteiger partial charge in [0.05, 0.1) is 15.2 Å². The fraction of sp³-hybridized carbons (Fsp3) is 0.263. The van der Waals surface area contributed by atoms with Crippen molar-refractivity contribution in [2.24, 2.45) is 0 Å². The number of hydrogen-bond acceptors (Lipinski definition) is 3. The standard InChI is InChI=1S/C19H17BrN2OS/c20-15-7-3-5-13(11-15)19(23)22-10-4-6-14(12-22)18-21-16-8-1-2-9-17(16)24-18/h1-3,5,7-9,11,14H,4,6,10,12H2/t14-/m0/s1. The van der Waals surface area contributed by atoms with Gasteiger partial charge in [-0.1, -0.05) is 34.1 Å². The lowest BCUT2D eigenvalue weighted by molar-refractivity contribution is 0.0707. The zero-order valence-electron chi connectivity index (χ0n) is 13.1. The Labute approximate surface area is 153 Å². The second kappa shape index (κ2) is 6.65. The Bertz CT molecular complexity index is 859. The van der Waals surface area contributed by atoms with Crippen LogP contribution in [0.4, 0.5) is 0 Å². The molecule has 0 aliphatic carbocycles. The second-order valence-electron chi connectivity index (χ2n) is 6.12. The lowest BCUT2D eigenvalue weighted by Gasteiger charge is -2.32. The first kappa shape index (κ1) is 15.8. The molecule has 0 N–H and O–H groups in total. The zero-order valence-corrected chi connectivity index (χ0v) is 15.5. The molecule has 24 heavy (non-hydrogen) atoms. The van der Waals surface area contributed by atoms with Crippen LogP contribution in [0.5, 0.6) is 0 Å². The molecule has 1 aromatic heterocycles. The van der Waals surface area contributed by atoms with E-state index in [1.807, 2.05) is 41.3 Å². The molecule has 0 spiro atoms. The van der Waals surface area contributed by atoms with Crippen molar-refractivity contribution >= 4 is 43.4 Å². The summed E-state index contributed by atoms with van der Waals surface area (Å²) in [7, 11) is 0. The summed E-state index contributed by atoms with van der Waals surface area (Å²) in [5.74, 6) is 0.453. The van der Waals surface area contributed by atoms with Gasteiger partial charge < -0.3 is 4.90 Å². The van der Waals surface area contributed by atoms with Gasteiger partial charge in [-0.2, -0.15) is 0 Å². The van der Waals surface area contributed by atoms with E-state index in [4.69, 9.17) is 4.98 Å². The van der Waals surface area contributed by atoms with Crippen LogP contribution >= 0.6 is 27.3 Å². The highest BCUT2D eigenvalue weighted by molar-refractivity contribution is 9.10. The first-order valence-corrected chi connectivity index (χ1v) is 9.72. The Morgan fingerprint density at radius 3 is 2.92 bits per heavy atom. The number of aromatic nitrogens is 1. The van der Waals surface area contributed by atoms with Gasteiger partial charge in [0.2, 0.25) is 0 Å². The monoisotopic (exact) mass is 400 g/mol. The molecule has 0 radical (unpaired) electrons. The molecule has 1 amide bonds. The van der Waals surface area contributed by atoms with Crippen LogP contribution in [-0.2, 0) is 0 Å². The van der Waals surface area contributed by atoms with Crippen LogP contribution in [-0.4, -0.2) is 28.9 Å². The van der Waals surface area contributed by atoms with E-state index in [2.05, 4.69) is 28.1 Å². The van der Waals surface area contributed by atoms with Crippen molar-refractivity contribution in [3.05, 3.63) is 63.6 Å². The Morgan fingerprint density at radius 2 is 2.08 bits per heavy atom. The zero-order chi connectivity index (χ0) is 16.5. The molecule has 2 aromatic carbocycles. The summed E-state index contributed by atoms with van der Waals surface area (Å²) in [5, 5.41) is 1.16. The van der Waals surface area contributed by atoms with Crippen LogP contribution in [0.3, 0.4) is 0 Å². The number of likely N-dealkylation sites (tertiary alicyclic amines) is 1. The lowest BCUT2D eigenvalue weighted by atomic mass is 9.98. The molecule has 0 bridgehead atoms. The van der Waals surface area contributed by atoms with E-state index in [-0.39, 0.29) is 5.91 Å². The molecule has 1 saturated heterocycles. The van der Waals surface area contributed by atoms with Crippen molar-refractivity contribution in [1.82, 2.24) is 9.88 Å². The maximum Gasteiger partial charge on any atom is 0.253 e. The van der Waals surface area contributed by atoms with E-state index < -0.39 is 0 Å². The third-order valence-corrected chi connectivity index (χ3v) is 6.13. The molecule has 4 rings (SSSR count). The van der Waals surface area contributed by atoms with E-state index in [9.17, 15) is 4.79 Å². The summed E-state index contributed by atoms with van der Waals surface area (Å²) in [6, 6.07) is 15.9. The van der Waals surface area contributed by atoms with E-state index >= 15 is 0 Å². The molecule has 1 aliphatic rings. The van der Waals surface area contributed by atoms with Crippen LogP contribution in [0.15, 0.2) is 53.0 Å². The Morgan fingerprint density at radius 1 is 1.21 bits per heavy atom. The quantitative estimate of drug-likeness (QED) is 0.600. The van der Waals surface area contributed by atoms with Crippen LogP contribution in [0.2, 0.25) is 0 Å². The van der Waals surface area contributed by atoms with Gasteiger partial charge in [0.15, 0.2) is 0 Å². The summed E-state index contributed by atoms with van der Waals surface area (Å²) in [4.78, 5) is 19.6. The first-order valence-electron chi connectivity index (χ1n) is 8.11. The molecular weight excluding hydrogens is 384 g/mol. The maximum atomic E-state index is 12.8. The Kier molecular flexibility index (Phi) is 4.37. The first-order chi connectivity index (χ1) is 11.7. The van der Waals surface area contributed by atoms with Crippen LogP contribution in [0, 0.1) is 0 Å². The van der Waals surface area contributed by atoms with Gasteiger partial charge in [0.25, 0.3) is 5.91 Å². The number of carbonyl (C=O) groups excluding carboxylic acids is 1. The third-order valence-electron chi connectivity index (χ3n) is 4.44. The number of piperidine rings is 1. The number of carbonyl (C=O) groups is 1. The average molecular weight is 401 g/mol. The number of halogens is 1. The number of nitrogens with zero attached hydrogens (tertiary/aromatic N) is 2. The average Bonchev–Trinajstić information content (AvgIpc) is 3.05. The number of hydrogen-bond donors (Lipinski definition) is 0. The van der Waals surface area contributed by atoms with Gasteiger partial charge in [0, 0.05) is 29.0 Å².